The second-order valence-electron chi connectivity index (χ2n) is 3.40. The topological polar surface area (TPSA) is 70.3 Å². The maximum Gasteiger partial charge on any atom is 0.348 e. The van der Waals surface area contributed by atoms with Crippen LogP contribution in [-0.4, -0.2) is 17.7 Å². The number of ether oxygens (including phenoxy) is 1. The molecule has 0 bridgehead atoms. The zero-order valence-corrected chi connectivity index (χ0v) is 9.51. The van der Waals surface area contributed by atoms with Crippen molar-refractivity contribution in [2.24, 2.45) is 0 Å². The molecule has 1 N–H and O–H groups in total. The molecule has 0 aliphatic heterocycles. The molecule has 0 aromatic heterocycles. The van der Waals surface area contributed by atoms with Gasteiger partial charge in [0, 0.05) is 0 Å². The number of hydrogen-bond acceptors (Lipinski definition) is 4. The van der Waals surface area contributed by atoms with Crippen LogP contribution in [-0.2, 0) is 9.53 Å². The third-order valence-corrected chi connectivity index (χ3v) is 1.96. The Bertz CT molecular complexity index is 472. The largest absolute Gasteiger partial charge is 0.508 e. The molecule has 4 heteroatoms. The van der Waals surface area contributed by atoms with E-state index in [0.29, 0.717) is 12.0 Å². The number of hydrogen-bond donors (Lipinski definition) is 1. The SMILES string of the molecule is CCCOC(=O)/C(C#N)=C/c1cccc(O)c1. The molecule has 4 nitrogen and oxygen atoms in total. The Morgan fingerprint density at radius 2 is 2.35 bits per heavy atom. The standard InChI is InChI=1S/C13H13NO3/c1-2-6-17-13(16)11(9-14)7-10-4-3-5-12(15)8-10/h3-5,7-8,15H,2,6H2,1H3/b11-7+. The van der Waals surface area contributed by atoms with E-state index < -0.39 is 5.97 Å². The fourth-order valence-corrected chi connectivity index (χ4v) is 1.19. The van der Waals surface area contributed by atoms with Gasteiger partial charge in [0.15, 0.2) is 0 Å². The second-order valence-corrected chi connectivity index (χ2v) is 3.40. The van der Waals surface area contributed by atoms with Crippen LogP contribution in [0.2, 0.25) is 0 Å². The highest BCUT2D eigenvalue weighted by Gasteiger charge is 2.09. The number of rotatable bonds is 4. The zero-order valence-electron chi connectivity index (χ0n) is 9.51. The fraction of sp³-hybridized carbons (Fsp3) is 0.231. The quantitative estimate of drug-likeness (QED) is 0.490. The average molecular weight is 231 g/mol. The minimum atomic E-state index is -0.641. The van der Waals surface area contributed by atoms with Gasteiger partial charge in [0.25, 0.3) is 0 Å². The number of esters is 1. The lowest BCUT2D eigenvalue weighted by Crippen LogP contribution is -2.07. The van der Waals surface area contributed by atoms with Crippen LogP contribution in [0.4, 0.5) is 0 Å². The van der Waals surface area contributed by atoms with Gasteiger partial charge in [-0.25, -0.2) is 4.79 Å². The lowest BCUT2D eigenvalue weighted by Gasteiger charge is -2.01. The van der Waals surface area contributed by atoms with Crippen molar-refractivity contribution in [1.29, 1.82) is 5.26 Å². The van der Waals surface area contributed by atoms with Gasteiger partial charge in [-0.2, -0.15) is 5.26 Å². The predicted octanol–water partition coefficient (Wildman–Crippen LogP) is 2.25. The molecule has 1 aromatic rings. The van der Waals surface area contributed by atoms with Crippen LogP contribution in [0.5, 0.6) is 5.75 Å². The Kier molecular flexibility index (Phi) is 4.77. The summed E-state index contributed by atoms with van der Waals surface area (Å²) in [5.74, 6) is -0.560. The number of carbonyl (C=O) groups is 1. The van der Waals surface area contributed by atoms with Gasteiger partial charge in [0.1, 0.15) is 17.4 Å². The van der Waals surface area contributed by atoms with Crippen molar-refractivity contribution in [3.63, 3.8) is 0 Å². The number of phenols is 1. The molecule has 0 atom stereocenters. The summed E-state index contributed by atoms with van der Waals surface area (Å²) in [4.78, 5) is 11.4. The van der Waals surface area contributed by atoms with E-state index in [1.165, 1.54) is 18.2 Å². The van der Waals surface area contributed by atoms with E-state index in [-0.39, 0.29) is 17.9 Å². The van der Waals surface area contributed by atoms with Crippen LogP contribution < -0.4 is 0 Å². The third kappa shape index (κ3) is 3.99. The second kappa shape index (κ2) is 6.33. The lowest BCUT2D eigenvalue weighted by atomic mass is 10.1. The molecule has 0 amide bonds. The minimum absolute atomic E-state index is 0.0796. The minimum Gasteiger partial charge on any atom is -0.508 e. The summed E-state index contributed by atoms with van der Waals surface area (Å²) in [6, 6.07) is 8.08. The molecule has 0 saturated heterocycles. The molecule has 0 unspecified atom stereocenters. The van der Waals surface area contributed by atoms with Gasteiger partial charge < -0.3 is 9.84 Å². The van der Waals surface area contributed by atoms with Crippen molar-refractivity contribution in [3.05, 3.63) is 35.4 Å². The highest BCUT2D eigenvalue weighted by Crippen LogP contribution is 2.14. The van der Waals surface area contributed by atoms with Crippen molar-refractivity contribution < 1.29 is 14.6 Å². The maximum absolute atomic E-state index is 11.4. The third-order valence-electron chi connectivity index (χ3n) is 1.96. The molecule has 88 valence electrons. The summed E-state index contributed by atoms with van der Waals surface area (Å²) in [6.07, 6.45) is 2.09. The first-order valence-corrected chi connectivity index (χ1v) is 5.25. The molecular weight excluding hydrogens is 218 g/mol. The van der Waals surface area contributed by atoms with E-state index in [2.05, 4.69) is 0 Å². The molecule has 17 heavy (non-hydrogen) atoms. The lowest BCUT2D eigenvalue weighted by molar-refractivity contribution is -0.138. The van der Waals surface area contributed by atoms with Crippen LogP contribution >= 0.6 is 0 Å². The summed E-state index contributed by atoms with van der Waals surface area (Å²) < 4.78 is 4.85. The molecular formula is C13H13NO3. The van der Waals surface area contributed by atoms with E-state index in [1.807, 2.05) is 6.92 Å². The molecule has 1 aromatic carbocycles. The zero-order chi connectivity index (χ0) is 12.7. The van der Waals surface area contributed by atoms with Crippen molar-refractivity contribution in [2.45, 2.75) is 13.3 Å². The molecule has 1 rings (SSSR count). The molecule has 0 radical (unpaired) electrons. The summed E-state index contributed by atoms with van der Waals surface area (Å²) in [6.45, 7) is 2.16. The molecule has 0 saturated carbocycles. The molecule has 0 aliphatic rings. The number of benzene rings is 1. The van der Waals surface area contributed by atoms with Gasteiger partial charge in [0.05, 0.1) is 6.61 Å². The van der Waals surface area contributed by atoms with Crippen LogP contribution in [0, 0.1) is 11.3 Å². The summed E-state index contributed by atoms with van der Waals surface area (Å²) in [5, 5.41) is 18.1. The van der Waals surface area contributed by atoms with E-state index >= 15 is 0 Å². The smallest absolute Gasteiger partial charge is 0.348 e. The van der Waals surface area contributed by atoms with Crippen molar-refractivity contribution in [2.75, 3.05) is 6.61 Å². The summed E-state index contributed by atoms with van der Waals surface area (Å²) in [7, 11) is 0. The highest BCUT2D eigenvalue weighted by molar-refractivity contribution is 5.97. The summed E-state index contributed by atoms with van der Waals surface area (Å²) >= 11 is 0. The number of nitrogens with zero attached hydrogens (tertiary/aromatic N) is 1. The Labute approximate surface area is 99.8 Å². The molecule has 0 spiro atoms. The van der Waals surface area contributed by atoms with Gasteiger partial charge in [-0.15, -0.1) is 0 Å². The first-order chi connectivity index (χ1) is 8.17. The summed E-state index contributed by atoms with van der Waals surface area (Å²) in [5.41, 5.74) is 0.499. The van der Waals surface area contributed by atoms with Crippen LogP contribution in [0.3, 0.4) is 0 Å². The van der Waals surface area contributed by atoms with Gasteiger partial charge in [-0.1, -0.05) is 19.1 Å². The van der Waals surface area contributed by atoms with Crippen LogP contribution in [0.25, 0.3) is 6.08 Å². The number of carbonyl (C=O) groups excluding carboxylic acids is 1. The van der Waals surface area contributed by atoms with Gasteiger partial charge in [-0.3, -0.25) is 0 Å². The Morgan fingerprint density at radius 3 is 2.94 bits per heavy atom. The fourth-order valence-electron chi connectivity index (χ4n) is 1.19. The average Bonchev–Trinajstić information content (AvgIpc) is 2.33. The van der Waals surface area contributed by atoms with Gasteiger partial charge in [-0.05, 0) is 30.2 Å². The predicted molar refractivity (Wildman–Crippen MR) is 62.9 cm³/mol. The number of nitriles is 1. The number of phenolic OH excluding ortho intramolecular Hbond substituents is 1. The molecule has 0 aliphatic carbocycles. The van der Waals surface area contributed by atoms with Gasteiger partial charge in [0.2, 0.25) is 0 Å². The first kappa shape index (κ1) is 12.8. The van der Waals surface area contributed by atoms with Crippen molar-refractivity contribution in [1.82, 2.24) is 0 Å². The van der Waals surface area contributed by atoms with Crippen molar-refractivity contribution >= 4 is 12.0 Å². The molecule has 0 heterocycles. The van der Waals surface area contributed by atoms with Crippen LogP contribution in [0.15, 0.2) is 29.8 Å². The normalized spacial score (nSPS) is 10.7. The highest BCUT2D eigenvalue weighted by atomic mass is 16.5. The van der Waals surface area contributed by atoms with E-state index in [4.69, 9.17) is 10.00 Å². The monoisotopic (exact) mass is 231 g/mol. The van der Waals surface area contributed by atoms with E-state index in [1.54, 1.807) is 18.2 Å². The maximum atomic E-state index is 11.4. The Morgan fingerprint density at radius 1 is 1.59 bits per heavy atom. The Hall–Kier alpha value is -2.28. The first-order valence-electron chi connectivity index (χ1n) is 5.25. The number of aromatic hydroxyl groups is 1. The van der Waals surface area contributed by atoms with Crippen LogP contribution in [0.1, 0.15) is 18.9 Å². The molecule has 0 fully saturated rings. The van der Waals surface area contributed by atoms with Gasteiger partial charge >= 0.3 is 5.97 Å². The van der Waals surface area contributed by atoms with Crippen molar-refractivity contribution in [3.8, 4) is 11.8 Å². The van der Waals surface area contributed by atoms with E-state index in [0.717, 1.165) is 0 Å². The Balaban J connectivity index is 2.87. The van der Waals surface area contributed by atoms with E-state index in [9.17, 15) is 9.90 Å².